The fourth-order valence-electron chi connectivity index (χ4n) is 2.75. The zero-order chi connectivity index (χ0) is 19.0. The number of H-pyrrole nitrogens is 1. The van der Waals surface area contributed by atoms with E-state index in [0.717, 1.165) is 23.2 Å². The van der Waals surface area contributed by atoms with E-state index in [1.165, 1.54) is 6.07 Å². The highest BCUT2D eigenvalue weighted by Gasteiger charge is 2.18. The van der Waals surface area contributed by atoms with Crippen molar-refractivity contribution in [2.24, 2.45) is 0 Å². The average Bonchev–Trinajstić information content (AvgIpc) is 3.08. The molecule has 0 unspecified atom stereocenters. The second kappa shape index (κ2) is 6.73. The molecule has 136 valence electrons. The summed E-state index contributed by atoms with van der Waals surface area (Å²) >= 11 is 0. The van der Waals surface area contributed by atoms with Gasteiger partial charge in [-0.3, -0.25) is 5.10 Å². The van der Waals surface area contributed by atoms with E-state index in [1.54, 1.807) is 6.07 Å². The third-order valence-corrected chi connectivity index (χ3v) is 4.08. The highest BCUT2D eigenvalue weighted by atomic mass is 19.2. The van der Waals surface area contributed by atoms with Crippen LogP contribution in [0.15, 0.2) is 48.5 Å². The minimum absolute atomic E-state index is 0.0643. The van der Waals surface area contributed by atoms with Gasteiger partial charge < -0.3 is 10.4 Å². The third kappa shape index (κ3) is 3.34. The van der Waals surface area contributed by atoms with Gasteiger partial charge in [0.2, 0.25) is 0 Å². The van der Waals surface area contributed by atoms with Crippen molar-refractivity contribution in [2.45, 2.75) is 13.0 Å². The van der Waals surface area contributed by atoms with Crippen LogP contribution in [0.3, 0.4) is 0 Å². The Hall–Kier alpha value is -3.39. The number of aromatic nitrogens is 4. The Morgan fingerprint density at radius 3 is 2.59 bits per heavy atom. The van der Waals surface area contributed by atoms with Crippen LogP contribution < -0.4 is 5.32 Å². The molecular formula is C19H15F2N5O. The number of aromatic amines is 1. The molecule has 0 saturated heterocycles. The summed E-state index contributed by atoms with van der Waals surface area (Å²) < 4.78 is 26.7. The number of fused-ring (bicyclic) bond motifs is 1. The zero-order valence-electron chi connectivity index (χ0n) is 14.2. The van der Waals surface area contributed by atoms with Gasteiger partial charge in [0.25, 0.3) is 0 Å². The van der Waals surface area contributed by atoms with E-state index in [4.69, 9.17) is 0 Å². The Bertz CT molecular complexity index is 1130. The summed E-state index contributed by atoms with van der Waals surface area (Å²) in [5, 5.41) is 21.4. The van der Waals surface area contributed by atoms with Gasteiger partial charge in [-0.05, 0) is 36.8 Å². The van der Waals surface area contributed by atoms with Crippen molar-refractivity contribution in [3.05, 3.63) is 77.2 Å². The first-order valence-electron chi connectivity index (χ1n) is 8.20. The number of nitrogens with one attached hydrogen (secondary N) is 2. The molecule has 8 heteroatoms. The number of nitrogens with zero attached hydrogens (tertiary/aromatic N) is 3. The van der Waals surface area contributed by atoms with Crippen molar-refractivity contribution in [2.75, 3.05) is 5.32 Å². The maximum Gasteiger partial charge on any atom is 0.164 e. The standard InChI is InChI=1S/C19H15F2N5O/c1-10-8-16(26-25-10)23-18-12-4-2-3-5-15(12)22-19(24-18)17(27)11-6-7-13(20)14(21)9-11/h2-9,17,27H,1H3,(H2,22,23,24,25,26)/t17-/m0/s1. The Morgan fingerprint density at radius 2 is 1.85 bits per heavy atom. The molecule has 2 aromatic carbocycles. The van der Waals surface area contributed by atoms with E-state index in [2.05, 4.69) is 25.5 Å². The van der Waals surface area contributed by atoms with Crippen LogP contribution >= 0.6 is 0 Å². The molecule has 0 fully saturated rings. The molecule has 2 heterocycles. The Labute approximate surface area is 152 Å². The molecule has 1 atom stereocenters. The van der Waals surface area contributed by atoms with Crippen LogP contribution in [0.5, 0.6) is 0 Å². The summed E-state index contributed by atoms with van der Waals surface area (Å²) in [5.41, 5.74) is 1.63. The molecule has 0 bridgehead atoms. The molecule has 6 nitrogen and oxygen atoms in total. The van der Waals surface area contributed by atoms with Crippen molar-refractivity contribution in [1.82, 2.24) is 20.2 Å². The number of para-hydroxylation sites is 1. The number of hydrogen-bond acceptors (Lipinski definition) is 5. The second-order valence-electron chi connectivity index (χ2n) is 6.08. The molecule has 3 N–H and O–H groups in total. The molecule has 4 aromatic rings. The van der Waals surface area contributed by atoms with Crippen molar-refractivity contribution in [3.8, 4) is 0 Å². The number of aliphatic hydroxyl groups excluding tert-OH is 1. The first-order chi connectivity index (χ1) is 13.0. The van der Waals surface area contributed by atoms with E-state index in [1.807, 2.05) is 31.2 Å². The average molecular weight is 367 g/mol. The molecule has 4 rings (SSSR count). The van der Waals surface area contributed by atoms with Crippen molar-refractivity contribution in [3.63, 3.8) is 0 Å². The number of anilines is 2. The van der Waals surface area contributed by atoms with E-state index in [9.17, 15) is 13.9 Å². The summed E-state index contributed by atoms with van der Waals surface area (Å²) in [6, 6.07) is 12.3. The number of aliphatic hydroxyl groups is 1. The quantitative estimate of drug-likeness (QED) is 0.511. The van der Waals surface area contributed by atoms with Crippen LogP contribution in [0.2, 0.25) is 0 Å². The molecule has 0 saturated carbocycles. The maximum absolute atomic E-state index is 13.5. The minimum atomic E-state index is -1.31. The highest BCUT2D eigenvalue weighted by molar-refractivity contribution is 5.90. The number of aryl methyl sites for hydroxylation is 1. The van der Waals surface area contributed by atoms with E-state index in [-0.39, 0.29) is 11.4 Å². The first-order valence-corrected chi connectivity index (χ1v) is 8.20. The van der Waals surface area contributed by atoms with Gasteiger partial charge in [0, 0.05) is 17.1 Å². The van der Waals surface area contributed by atoms with Gasteiger partial charge in [-0.1, -0.05) is 18.2 Å². The van der Waals surface area contributed by atoms with Gasteiger partial charge in [0.05, 0.1) is 5.52 Å². The van der Waals surface area contributed by atoms with Gasteiger partial charge in [-0.15, -0.1) is 0 Å². The number of rotatable bonds is 4. The zero-order valence-corrected chi connectivity index (χ0v) is 14.2. The summed E-state index contributed by atoms with van der Waals surface area (Å²) in [6.07, 6.45) is -1.31. The van der Waals surface area contributed by atoms with Gasteiger partial charge >= 0.3 is 0 Å². The van der Waals surface area contributed by atoms with Gasteiger partial charge in [-0.2, -0.15) is 5.10 Å². The lowest BCUT2D eigenvalue weighted by atomic mass is 10.1. The van der Waals surface area contributed by atoms with Crippen LogP contribution in [0, 0.1) is 18.6 Å². The number of hydrogen-bond donors (Lipinski definition) is 3. The van der Waals surface area contributed by atoms with Gasteiger partial charge in [0.15, 0.2) is 23.3 Å². The SMILES string of the molecule is Cc1cc(Nc2nc([C@@H](O)c3ccc(F)c(F)c3)nc3ccccc23)n[nH]1. The van der Waals surface area contributed by atoms with E-state index < -0.39 is 17.7 Å². The van der Waals surface area contributed by atoms with Crippen molar-refractivity contribution in [1.29, 1.82) is 0 Å². The molecule has 0 amide bonds. The predicted octanol–water partition coefficient (Wildman–Crippen LogP) is 3.76. The molecule has 0 aliphatic rings. The van der Waals surface area contributed by atoms with Crippen molar-refractivity contribution >= 4 is 22.5 Å². The number of halogens is 2. The summed E-state index contributed by atoms with van der Waals surface area (Å²) in [4.78, 5) is 8.76. The molecule has 0 aliphatic heterocycles. The summed E-state index contributed by atoms with van der Waals surface area (Å²) in [6.45, 7) is 1.87. The monoisotopic (exact) mass is 367 g/mol. The molecule has 0 aliphatic carbocycles. The topological polar surface area (TPSA) is 86.7 Å². The summed E-state index contributed by atoms with van der Waals surface area (Å²) in [7, 11) is 0. The Kier molecular flexibility index (Phi) is 4.25. The largest absolute Gasteiger partial charge is 0.380 e. The van der Waals surface area contributed by atoms with E-state index in [0.29, 0.717) is 17.2 Å². The Balaban J connectivity index is 1.79. The van der Waals surface area contributed by atoms with Crippen LogP contribution in [-0.4, -0.2) is 25.3 Å². The van der Waals surface area contributed by atoms with Crippen LogP contribution in [0.4, 0.5) is 20.4 Å². The highest BCUT2D eigenvalue weighted by Crippen LogP contribution is 2.28. The third-order valence-electron chi connectivity index (χ3n) is 4.08. The van der Waals surface area contributed by atoms with Crippen molar-refractivity contribution < 1.29 is 13.9 Å². The Morgan fingerprint density at radius 1 is 1.04 bits per heavy atom. The van der Waals surface area contributed by atoms with Crippen LogP contribution in [-0.2, 0) is 0 Å². The molecular weight excluding hydrogens is 352 g/mol. The van der Waals surface area contributed by atoms with Gasteiger partial charge in [0.1, 0.15) is 11.9 Å². The smallest absolute Gasteiger partial charge is 0.164 e. The predicted molar refractivity (Wildman–Crippen MR) is 96.6 cm³/mol. The lowest BCUT2D eigenvalue weighted by molar-refractivity contribution is 0.209. The first kappa shape index (κ1) is 17.0. The normalized spacial score (nSPS) is 12.3. The second-order valence-corrected chi connectivity index (χ2v) is 6.08. The maximum atomic E-state index is 13.5. The fraction of sp³-hybridized carbons (Fsp3) is 0.105. The number of benzene rings is 2. The molecule has 27 heavy (non-hydrogen) atoms. The van der Waals surface area contributed by atoms with Gasteiger partial charge in [-0.25, -0.2) is 18.7 Å². The van der Waals surface area contributed by atoms with Crippen LogP contribution in [0.25, 0.3) is 10.9 Å². The van der Waals surface area contributed by atoms with Crippen LogP contribution in [0.1, 0.15) is 23.2 Å². The van der Waals surface area contributed by atoms with E-state index >= 15 is 0 Å². The summed E-state index contributed by atoms with van der Waals surface area (Å²) in [5.74, 6) is -0.956. The lowest BCUT2D eigenvalue weighted by Gasteiger charge is -2.14. The molecule has 0 radical (unpaired) electrons. The lowest BCUT2D eigenvalue weighted by Crippen LogP contribution is -2.09. The molecule has 2 aromatic heterocycles. The fourth-order valence-corrected chi connectivity index (χ4v) is 2.75. The molecule has 0 spiro atoms. The minimum Gasteiger partial charge on any atom is -0.380 e.